The summed E-state index contributed by atoms with van der Waals surface area (Å²) in [5.74, 6) is 1.47. The van der Waals surface area contributed by atoms with E-state index in [1.807, 2.05) is 12.1 Å². The fraction of sp³-hybridized carbons (Fsp3) is 0.267. The van der Waals surface area contributed by atoms with Gasteiger partial charge in [-0.2, -0.15) is 0 Å². The van der Waals surface area contributed by atoms with E-state index in [1.54, 1.807) is 6.20 Å². The molecule has 0 amide bonds. The molecule has 0 aliphatic rings. The number of pyridine rings is 1. The van der Waals surface area contributed by atoms with E-state index in [-0.39, 0.29) is 0 Å². The lowest BCUT2D eigenvalue weighted by Gasteiger charge is -2.10. The van der Waals surface area contributed by atoms with Crippen molar-refractivity contribution >= 4 is 27.4 Å². The van der Waals surface area contributed by atoms with E-state index in [0.717, 1.165) is 16.0 Å². The van der Waals surface area contributed by atoms with Gasteiger partial charge in [-0.1, -0.05) is 26.0 Å². The molecule has 1 heterocycles. The third-order valence-electron chi connectivity index (χ3n) is 3.09. The highest BCUT2D eigenvalue weighted by atomic mass is 79.9. The first-order chi connectivity index (χ1) is 8.69. The van der Waals surface area contributed by atoms with Crippen LogP contribution in [-0.2, 0) is 0 Å². The molecule has 1 atom stereocenters. The highest BCUT2D eigenvalue weighted by Crippen LogP contribution is 2.22. The van der Waals surface area contributed by atoms with Gasteiger partial charge in [-0.25, -0.2) is 4.98 Å². The summed E-state index contributed by atoms with van der Waals surface area (Å²) in [5.41, 5.74) is 2.45. The van der Waals surface area contributed by atoms with Gasteiger partial charge in [-0.15, -0.1) is 0 Å². The number of hydrogen-bond donors (Lipinski definition) is 1. The van der Waals surface area contributed by atoms with Gasteiger partial charge in [0.15, 0.2) is 0 Å². The van der Waals surface area contributed by atoms with E-state index in [0.29, 0.717) is 5.92 Å². The van der Waals surface area contributed by atoms with E-state index >= 15 is 0 Å². The highest BCUT2D eigenvalue weighted by Gasteiger charge is 2.02. The van der Waals surface area contributed by atoms with Crippen molar-refractivity contribution in [3.05, 3.63) is 52.6 Å². The third kappa shape index (κ3) is 3.33. The molecule has 0 saturated carbocycles. The Morgan fingerprint density at radius 1 is 1.17 bits per heavy atom. The second kappa shape index (κ2) is 6.01. The van der Waals surface area contributed by atoms with Gasteiger partial charge in [0.2, 0.25) is 0 Å². The van der Waals surface area contributed by atoms with Gasteiger partial charge in [0.1, 0.15) is 5.82 Å². The molecule has 0 aliphatic carbocycles. The maximum Gasteiger partial charge on any atom is 0.130 e. The van der Waals surface area contributed by atoms with Crippen LogP contribution >= 0.6 is 15.9 Å². The van der Waals surface area contributed by atoms with Crippen molar-refractivity contribution in [2.24, 2.45) is 0 Å². The van der Waals surface area contributed by atoms with Crippen LogP contribution < -0.4 is 5.32 Å². The van der Waals surface area contributed by atoms with Crippen molar-refractivity contribution in [3.63, 3.8) is 0 Å². The minimum absolute atomic E-state index is 0.616. The predicted octanol–water partition coefficient (Wildman–Crippen LogP) is 5.10. The average Bonchev–Trinajstić information content (AvgIpc) is 2.41. The largest absolute Gasteiger partial charge is 0.340 e. The van der Waals surface area contributed by atoms with Crippen LogP contribution in [0, 0.1) is 0 Å². The van der Waals surface area contributed by atoms with Gasteiger partial charge in [-0.3, -0.25) is 0 Å². The lowest BCUT2D eigenvalue weighted by Crippen LogP contribution is -1.95. The number of nitrogens with zero attached hydrogens (tertiary/aromatic N) is 1. The monoisotopic (exact) mass is 304 g/mol. The van der Waals surface area contributed by atoms with Crippen LogP contribution in [0.4, 0.5) is 11.5 Å². The van der Waals surface area contributed by atoms with Crippen LogP contribution in [0.3, 0.4) is 0 Å². The molecule has 18 heavy (non-hydrogen) atoms. The Labute approximate surface area is 117 Å². The molecule has 1 unspecified atom stereocenters. The standard InChI is InChI=1S/C15H17BrN2/c1-3-11(2)12-4-7-14(8-5-12)18-15-9-6-13(16)10-17-15/h4-11H,3H2,1-2H3,(H,17,18). The minimum atomic E-state index is 0.616. The Kier molecular flexibility index (Phi) is 4.37. The Hall–Kier alpha value is -1.35. The van der Waals surface area contributed by atoms with Crippen LogP contribution in [0.5, 0.6) is 0 Å². The zero-order valence-electron chi connectivity index (χ0n) is 10.7. The van der Waals surface area contributed by atoms with Crippen molar-refractivity contribution < 1.29 is 0 Å². The lowest BCUT2D eigenvalue weighted by atomic mass is 9.99. The van der Waals surface area contributed by atoms with Gasteiger partial charge < -0.3 is 5.32 Å². The van der Waals surface area contributed by atoms with E-state index in [2.05, 4.69) is 64.3 Å². The van der Waals surface area contributed by atoms with Crippen molar-refractivity contribution in [2.45, 2.75) is 26.2 Å². The average molecular weight is 305 g/mol. The molecule has 94 valence electrons. The first kappa shape index (κ1) is 13.1. The van der Waals surface area contributed by atoms with Crippen molar-refractivity contribution in [1.29, 1.82) is 0 Å². The summed E-state index contributed by atoms with van der Waals surface area (Å²) in [7, 11) is 0. The zero-order valence-corrected chi connectivity index (χ0v) is 12.2. The third-order valence-corrected chi connectivity index (χ3v) is 3.56. The topological polar surface area (TPSA) is 24.9 Å². The van der Waals surface area contributed by atoms with Crippen LogP contribution in [0.2, 0.25) is 0 Å². The van der Waals surface area contributed by atoms with Gasteiger partial charge in [0.25, 0.3) is 0 Å². The number of aromatic nitrogens is 1. The molecular weight excluding hydrogens is 288 g/mol. The van der Waals surface area contributed by atoms with Crippen LogP contribution in [-0.4, -0.2) is 4.98 Å². The van der Waals surface area contributed by atoms with Gasteiger partial charge in [0, 0.05) is 16.4 Å². The second-order valence-corrected chi connectivity index (χ2v) is 5.33. The molecule has 0 fully saturated rings. The van der Waals surface area contributed by atoms with Crippen molar-refractivity contribution in [3.8, 4) is 0 Å². The van der Waals surface area contributed by atoms with E-state index < -0.39 is 0 Å². The summed E-state index contributed by atoms with van der Waals surface area (Å²) in [5, 5.41) is 3.28. The summed E-state index contributed by atoms with van der Waals surface area (Å²) in [6.07, 6.45) is 2.96. The maximum absolute atomic E-state index is 4.29. The van der Waals surface area contributed by atoms with Crippen molar-refractivity contribution in [2.75, 3.05) is 5.32 Å². The lowest BCUT2D eigenvalue weighted by molar-refractivity contribution is 0.734. The molecule has 0 bridgehead atoms. The summed E-state index contributed by atoms with van der Waals surface area (Å²) < 4.78 is 0.986. The minimum Gasteiger partial charge on any atom is -0.340 e. The predicted molar refractivity (Wildman–Crippen MR) is 80.4 cm³/mol. The van der Waals surface area contributed by atoms with E-state index in [1.165, 1.54) is 12.0 Å². The molecule has 1 N–H and O–H groups in total. The van der Waals surface area contributed by atoms with Crippen LogP contribution in [0.25, 0.3) is 0 Å². The second-order valence-electron chi connectivity index (χ2n) is 4.42. The smallest absolute Gasteiger partial charge is 0.130 e. The first-order valence-corrected chi connectivity index (χ1v) is 6.97. The molecule has 2 nitrogen and oxygen atoms in total. The fourth-order valence-electron chi connectivity index (χ4n) is 1.73. The van der Waals surface area contributed by atoms with Gasteiger partial charge in [-0.05, 0) is 58.1 Å². The van der Waals surface area contributed by atoms with Crippen LogP contribution in [0.15, 0.2) is 47.1 Å². The number of nitrogens with one attached hydrogen (secondary N) is 1. The van der Waals surface area contributed by atoms with Crippen molar-refractivity contribution in [1.82, 2.24) is 4.98 Å². The molecule has 3 heteroatoms. The fourth-order valence-corrected chi connectivity index (χ4v) is 1.96. The zero-order chi connectivity index (χ0) is 13.0. The Bertz CT molecular complexity index is 491. The first-order valence-electron chi connectivity index (χ1n) is 6.17. The number of hydrogen-bond acceptors (Lipinski definition) is 2. The summed E-state index contributed by atoms with van der Waals surface area (Å²) >= 11 is 3.37. The Morgan fingerprint density at radius 3 is 2.44 bits per heavy atom. The van der Waals surface area contributed by atoms with Gasteiger partial charge >= 0.3 is 0 Å². The molecule has 0 aliphatic heterocycles. The van der Waals surface area contributed by atoms with Gasteiger partial charge in [0.05, 0.1) is 0 Å². The summed E-state index contributed by atoms with van der Waals surface area (Å²) in [6, 6.07) is 12.5. The van der Waals surface area contributed by atoms with E-state index in [4.69, 9.17) is 0 Å². The molecule has 2 rings (SSSR count). The molecule has 1 aromatic carbocycles. The highest BCUT2D eigenvalue weighted by molar-refractivity contribution is 9.10. The summed E-state index contributed by atoms with van der Waals surface area (Å²) in [4.78, 5) is 4.29. The Balaban J connectivity index is 2.08. The molecule has 0 saturated heterocycles. The quantitative estimate of drug-likeness (QED) is 0.850. The molecule has 0 radical (unpaired) electrons. The summed E-state index contributed by atoms with van der Waals surface area (Å²) in [6.45, 7) is 4.46. The maximum atomic E-state index is 4.29. The Morgan fingerprint density at radius 2 is 1.89 bits per heavy atom. The SMILES string of the molecule is CCC(C)c1ccc(Nc2ccc(Br)cn2)cc1. The number of benzene rings is 1. The molecule has 2 aromatic rings. The molecule has 1 aromatic heterocycles. The van der Waals surface area contributed by atoms with E-state index in [9.17, 15) is 0 Å². The number of anilines is 2. The molecular formula is C15H17BrN2. The number of rotatable bonds is 4. The number of halogens is 1. The molecule has 0 spiro atoms. The van der Waals surface area contributed by atoms with Crippen LogP contribution in [0.1, 0.15) is 31.7 Å². The normalized spacial score (nSPS) is 12.2.